The van der Waals surface area contributed by atoms with Gasteiger partial charge in [0.15, 0.2) is 0 Å². The first-order valence-electron chi connectivity index (χ1n) is 7.15. The zero-order valence-electron chi connectivity index (χ0n) is 12.8. The van der Waals surface area contributed by atoms with Gasteiger partial charge in [0.25, 0.3) is 0 Å². The Labute approximate surface area is 142 Å². The number of rotatable bonds is 2. The lowest BCUT2D eigenvalue weighted by atomic mass is 9.94. The fourth-order valence-corrected chi connectivity index (χ4v) is 3.67. The van der Waals surface area contributed by atoms with Crippen LogP contribution in [0.1, 0.15) is 46.5 Å². The molecule has 1 aliphatic carbocycles. The van der Waals surface area contributed by atoms with E-state index in [-0.39, 0.29) is 0 Å². The van der Waals surface area contributed by atoms with E-state index in [0.717, 1.165) is 27.8 Å². The van der Waals surface area contributed by atoms with Gasteiger partial charge in [-0.2, -0.15) is 5.26 Å². The molecule has 0 fully saturated rings. The third-order valence-electron chi connectivity index (χ3n) is 4.21. The van der Waals surface area contributed by atoms with Crippen molar-refractivity contribution in [1.29, 1.82) is 5.26 Å². The number of fused-ring (bicyclic) bond motifs is 3. The fourth-order valence-electron chi connectivity index (χ4n) is 3.02. The van der Waals surface area contributed by atoms with Crippen molar-refractivity contribution in [3.8, 4) is 17.2 Å². The minimum atomic E-state index is -0.939. The molecule has 116 valence electrons. The summed E-state index contributed by atoms with van der Waals surface area (Å²) in [6, 6.07) is 9.36. The Morgan fingerprint density at radius 1 is 1.39 bits per heavy atom. The van der Waals surface area contributed by atoms with Crippen molar-refractivity contribution in [2.24, 2.45) is 5.73 Å². The van der Waals surface area contributed by atoms with Crippen LogP contribution in [-0.4, -0.2) is 11.0 Å². The van der Waals surface area contributed by atoms with Crippen molar-refractivity contribution in [3.63, 3.8) is 0 Å². The Balaban J connectivity index is 2.29. The lowest BCUT2D eigenvalue weighted by Crippen LogP contribution is -2.15. The van der Waals surface area contributed by atoms with E-state index in [2.05, 4.69) is 22.0 Å². The number of halogens is 1. The van der Waals surface area contributed by atoms with Crippen LogP contribution in [0.25, 0.3) is 11.1 Å². The van der Waals surface area contributed by atoms with Crippen LogP contribution in [0.15, 0.2) is 28.7 Å². The first kappa shape index (κ1) is 15.7. The molecular weight excluding hydrogens is 356 g/mol. The van der Waals surface area contributed by atoms with Gasteiger partial charge in [0.05, 0.1) is 11.2 Å². The molecule has 1 aliphatic rings. The second-order valence-electron chi connectivity index (χ2n) is 6.22. The number of carbonyl (C=O) groups is 1. The average molecular weight is 371 g/mol. The van der Waals surface area contributed by atoms with Crippen LogP contribution in [0.5, 0.6) is 0 Å². The summed E-state index contributed by atoms with van der Waals surface area (Å²) in [6.45, 7) is 3.46. The third-order valence-corrected chi connectivity index (χ3v) is 5.03. The van der Waals surface area contributed by atoms with E-state index in [9.17, 15) is 15.2 Å². The van der Waals surface area contributed by atoms with E-state index in [4.69, 9.17) is 5.73 Å². The van der Waals surface area contributed by atoms with Crippen LogP contribution in [0, 0.1) is 11.3 Å². The van der Waals surface area contributed by atoms with Crippen LogP contribution < -0.4 is 5.73 Å². The molecule has 1 amide bonds. The van der Waals surface area contributed by atoms with Gasteiger partial charge in [0.2, 0.25) is 5.91 Å². The van der Waals surface area contributed by atoms with Crippen molar-refractivity contribution >= 4 is 21.8 Å². The molecule has 4 nitrogen and oxygen atoms in total. The van der Waals surface area contributed by atoms with E-state index in [1.54, 1.807) is 13.8 Å². The zero-order chi connectivity index (χ0) is 16.9. The Kier molecular flexibility index (Phi) is 3.55. The third kappa shape index (κ3) is 2.44. The van der Waals surface area contributed by atoms with Crippen molar-refractivity contribution in [3.05, 3.63) is 56.6 Å². The van der Waals surface area contributed by atoms with E-state index in [1.165, 1.54) is 6.07 Å². The van der Waals surface area contributed by atoms with Gasteiger partial charge < -0.3 is 10.8 Å². The minimum Gasteiger partial charge on any atom is -0.386 e. The predicted octanol–water partition coefficient (Wildman–Crippen LogP) is 3.22. The van der Waals surface area contributed by atoms with Crippen molar-refractivity contribution in [2.75, 3.05) is 0 Å². The van der Waals surface area contributed by atoms with Crippen LogP contribution >= 0.6 is 15.9 Å². The largest absolute Gasteiger partial charge is 0.386 e. The summed E-state index contributed by atoms with van der Waals surface area (Å²) < 4.78 is 0.676. The first-order chi connectivity index (χ1) is 10.7. The maximum atomic E-state index is 11.8. The summed E-state index contributed by atoms with van der Waals surface area (Å²) in [4.78, 5) is 11.8. The highest BCUT2D eigenvalue weighted by Crippen LogP contribution is 2.45. The van der Waals surface area contributed by atoms with E-state index < -0.39 is 11.5 Å². The highest BCUT2D eigenvalue weighted by molar-refractivity contribution is 9.10. The zero-order valence-corrected chi connectivity index (χ0v) is 14.4. The predicted molar refractivity (Wildman–Crippen MR) is 90.9 cm³/mol. The fraction of sp³-hybridized carbons (Fsp3) is 0.222. The molecule has 5 heteroatoms. The Morgan fingerprint density at radius 3 is 2.65 bits per heavy atom. The van der Waals surface area contributed by atoms with Crippen molar-refractivity contribution in [1.82, 2.24) is 0 Å². The Bertz CT molecular complexity index is 889. The summed E-state index contributed by atoms with van der Waals surface area (Å²) in [6.07, 6.45) is 0.553. The molecule has 0 unspecified atom stereocenters. The van der Waals surface area contributed by atoms with E-state index in [1.807, 2.05) is 18.2 Å². The van der Waals surface area contributed by atoms with Crippen LogP contribution in [0.2, 0.25) is 0 Å². The quantitative estimate of drug-likeness (QED) is 0.725. The topological polar surface area (TPSA) is 87.1 Å². The van der Waals surface area contributed by atoms with Gasteiger partial charge in [0.1, 0.15) is 6.07 Å². The highest BCUT2D eigenvalue weighted by atomic mass is 79.9. The van der Waals surface area contributed by atoms with Gasteiger partial charge >= 0.3 is 0 Å². The van der Waals surface area contributed by atoms with Crippen molar-refractivity contribution < 1.29 is 9.90 Å². The SMILES string of the molecule is CC(C)(O)c1ccc2c(c1)Cc1c(C(N)=O)cc(C#N)c(Br)c1-2. The van der Waals surface area contributed by atoms with Gasteiger partial charge in [-0.25, -0.2) is 0 Å². The Morgan fingerprint density at radius 2 is 2.09 bits per heavy atom. The molecule has 0 aromatic heterocycles. The molecule has 0 spiro atoms. The molecule has 2 aromatic carbocycles. The smallest absolute Gasteiger partial charge is 0.249 e. The lowest BCUT2D eigenvalue weighted by Gasteiger charge is -2.18. The number of nitrogens with two attached hydrogens (primary N) is 1. The molecule has 0 radical (unpaired) electrons. The van der Waals surface area contributed by atoms with Gasteiger partial charge in [-0.3, -0.25) is 4.79 Å². The molecular formula is C18H15BrN2O2. The second kappa shape index (κ2) is 5.19. The van der Waals surface area contributed by atoms with E-state index in [0.29, 0.717) is 22.0 Å². The molecule has 0 saturated carbocycles. The number of hydrogen-bond donors (Lipinski definition) is 2. The standard InChI is InChI=1S/C18H15BrN2O2/c1-18(2,23)11-3-4-12-9(5-11)6-13-14(17(21)22)7-10(8-20)16(19)15(12)13/h3-5,7,23H,6H2,1-2H3,(H2,21,22). The number of carbonyl (C=O) groups excluding carboxylic acids is 1. The molecule has 0 heterocycles. The first-order valence-corrected chi connectivity index (χ1v) is 7.94. The summed E-state index contributed by atoms with van der Waals surface area (Å²) in [7, 11) is 0. The van der Waals surface area contributed by atoms with Crippen LogP contribution in [-0.2, 0) is 12.0 Å². The number of amides is 1. The molecule has 0 bridgehead atoms. The summed E-state index contributed by atoms with van der Waals surface area (Å²) in [5.74, 6) is -0.541. The summed E-state index contributed by atoms with van der Waals surface area (Å²) in [5, 5.41) is 19.5. The molecule has 2 aromatic rings. The number of primary amides is 1. The summed E-state index contributed by atoms with van der Waals surface area (Å²) >= 11 is 3.48. The van der Waals surface area contributed by atoms with Crippen molar-refractivity contribution in [2.45, 2.75) is 25.9 Å². The van der Waals surface area contributed by atoms with Gasteiger partial charge in [-0.15, -0.1) is 0 Å². The maximum absolute atomic E-state index is 11.8. The Hall–Kier alpha value is -2.16. The molecule has 3 rings (SSSR count). The highest BCUT2D eigenvalue weighted by Gasteiger charge is 2.29. The molecule has 23 heavy (non-hydrogen) atoms. The monoisotopic (exact) mass is 370 g/mol. The second-order valence-corrected chi connectivity index (χ2v) is 7.02. The van der Waals surface area contributed by atoms with Gasteiger partial charge in [-0.05, 0) is 64.5 Å². The van der Waals surface area contributed by atoms with Crippen LogP contribution in [0.3, 0.4) is 0 Å². The number of benzene rings is 2. The molecule has 0 atom stereocenters. The maximum Gasteiger partial charge on any atom is 0.249 e. The average Bonchev–Trinajstić information content (AvgIpc) is 2.85. The van der Waals surface area contributed by atoms with Gasteiger partial charge in [-0.1, -0.05) is 18.2 Å². The molecule has 3 N–H and O–H groups in total. The van der Waals surface area contributed by atoms with Gasteiger partial charge in [0, 0.05) is 15.6 Å². The minimum absolute atomic E-state index is 0.376. The lowest BCUT2D eigenvalue weighted by molar-refractivity contribution is 0.0785. The number of nitrogens with zero attached hydrogens (tertiary/aromatic N) is 1. The van der Waals surface area contributed by atoms with Crippen LogP contribution in [0.4, 0.5) is 0 Å². The number of aliphatic hydroxyl groups is 1. The molecule has 0 aliphatic heterocycles. The summed E-state index contributed by atoms with van der Waals surface area (Å²) in [5.41, 5.74) is 9.76. The molecule has 0 saturated heterocycles. The van der Waals surface area contributed by atoms with E-state index >= 15 is 0 Å². The normalized spacial score (nSPS) is 12.5. The number of hydrogen-bond acceptors (Lipinski definition) is 3. The number of nitriles is 1.